The Bertz CT molecular complexity index is 1010. The monoisotopic (exact) mass is 450 g/mol. The Hall–Kier alpha value is -2.58. The van der Waals surface area contributed by atoms with Crippen LogP contribution in [0.3, 0.4) is 0 Å². The summed E-state index contributed by atoms with van der Waals surface area (Å²) in [5, 5.41) is 14.2. The highest BCUT2D eigenvalue weighted by Gasteiger charge is 2.38. The van der Waals surface area contributed by atoms with E-state index in [0.29, 0.717) is 6.04 Å². The van der Waals surface area contributed by atoms with E-state index < -0.39 is 12.1 Å². The summed E-state index contributed by atoms with van der Waals surface area (Å²) in [4.78, 5) is 11.5. The fourth-order valence-electron chi connectivity index (χ4n) is 3.69. The van der Waals surface area contributed by atoms with Crippen LogP contribution in [-0.4, -0.2) is 36.4 Å². The minimum absolute atomic E-state index is 0.614. The molecule has 0 bridgehead atoms. The van der Waals surface area contributed by atoms with Crippen molar-refractivity contribution in [2.24, 2.45) is 0 Å². The highest BCUT2D eigenvalue weighted by Crippen LogP contribution is 2.30. The summed E-state index contributed by atoms with van der Waals surface area (Å²) in [6.45, 7) is 5.41. The van der Waals surface area contributed by atoms with Gasteiger partial charge in [0.25, 0.3) is 0 Å². The zero-order chi connectivity index (χ0) is 22.4. The predicted molar refractivity (Wildman–Crippen MR) is 119 cm³/mol. The van der Waals surface area contributed by atoms with Crippen molar-refractivity contribution in [3.8, 4) is 0 Å². The third kappa shape index (κ3) is 6.45. The van der Waals surface area contributed by atoms with Crippen molar-refractivity contribution >= 4 is 33.1 Å². The summed E-state index contributed by atoms with van der Waals surface area (Å²) >= 11 is 1.82. The van der Waals surface area contributed by atoms with E-state index in [1.54, 1.807) is 0 Å². The fraction of sp³-hybridized carbons (Fsp3) is 0.348. The number of nitrogens with one attached hydrogen (secondary N) is 1. The summed E-state index contributed by atoms with van der Waals surface area (Å²) in [5.41, 5.74) is 4.10. The molecule has 4 nitrogen and oxygen atoms in total. The first-order chi connectivity index (χ1) is 14.7. The topological polar surface area (TPSA) is 52.6 Å². The quantitative estimate of drug-likeness (QED) is 0.543. The Balaban J connectivity index is 0.000000339. The number of hydrogen-bond donors (Lipinski definition) is 2. The Morgan fingerprint density at radius 2 is 1.87 bits per heavy atom. The van der Waals surface area contributed by atoms with Gasteiger partial charge in [-0.05, 0) is 73.5 Å². The van der Waals surface area contributed by atoms with E-state index in [-0.39, 0.29) is 0 Å². The molecule has 0 aliphatic carbocycles. The minimum atomic E-state index is -5.08. The molecule has 8 heteroatoms. The summed E-state index contributed by atoms with van der Waals surface area (Å²) < 4.78 is 33.1. The third-order valence-electron chi connectivity index (χ3n) is 5.19. The van der Waals surface area contributed by atoms with E-state index >= 15 is 0 Å². The molecule has 0 atom stereocenters. The molecule has 1 aliphatic rings. The van der Waals surface area contributed by atoms with Crippen LogP contribution in [0, 0.1) is 6.92 Å². The van der Waals surface area contributed by atoms with Crippen LogP contribution in [-0.2, 0) is 11.3 Å². The lowest BCUT2D eigenvalue weighted by atomic mass is 10.0. The SMILES string of the molecule is Cc1cccc(CN(c2ccc3sccc3c2)C2CCNCC2)c1.O=C(O)C(F)(F)F. The number of aliphatic carboxylic acids is 1. The van der Waals surface area contributed by atoms with Crippen molar-refractivity contribution in [2.45, 2.75) is 38.5 Å². The third-order valence-corrected chi connectivity index (χ3v) is 6.09. The molecule has 0 spiro atoms. The second kappa shape index (κ2) is 10.2. The average molecular weight is 451 g/mol. The van der Waals surface area contributed by atoms with Gasteiger partial charge in [0.05, 0.1) is 0 Å². The summed E-state index contributed by atoms with van der Waals surface area (Å²) in [6.07, 6.45) is -2.65. The Labute approximate surface area is 183 Å². The molecule has 166 valence electrons. The van der Waals surface area contributed by atoms with Gasteiger partial charge < -0.3 is 15.3 Å². The normalized spacial score (nSPS) is 14.7. The number of anilines is 1. The van der Waals surface area contributed by atoms with E-state index in [0.717, 1.165) is 19.6 Å². The number of aryl methyl sites for hydroxylation is 1. The molecule has 0 amide bonds. The molecule has 31 heavy (non-hydrogen) atoms. The first-order valence-corrected chi connectivity index (χ1v) is 10.9. The molecule has 0 saturated carbocycles. The molecule has 3 aromatic rings. The molecule has 1 fully saturated rings. The molecule has 0 unspecified atom stereocenters. The van der Waals surface area contributed by atoms with E-state index in [2.05, 4.69) is 71.1 Å². The van der Waals surface area contributed by atoms with Gasteiger partial charge in [-0.3, -0.25) is 0 Å². The zero-order valence-corrected chi connectivity index (χ0v) is 18.0. The molecule has 1 aromatic heterocycles. The van der Waals surface area contributed by atoms with Crippen LogP contribution in [0.1, 0.15) is 24.0 Å². The van der Waals surface area contributed by atoms with E-state index in [1.807, 2.05) is 11.3 Å². The highest BCUT2D eigenvalue weighted by atomic mass is 32.1. The van der Waals surface area contributed by atoms with Crippen LogP contribution in [0.4, 0.5) is 18.9 Å². The molecule has 1 saturated heterocycles. The first-order valence-electron chi connectivity index (χ1n) is 10.0. The van der Waals surface area contributed by atoms with Crippen molar-refractivity contribution in [1.82, 2.24) is 5.32 Å². The molecule has 1 aliphatic heterocycles. The summed E-state index contributed by atoms with van der Waals surface area (Å²) in [6, 6.07) is 18.7. The number of carbonyl (C=O) groups is 1. The fourth-order valence-corrected chi connectivity index (χ4v) is 4.46. The van der Waals surface area contributed by atoms with Crippen LogP contribution >= 0.6 is 11.3 Å². The molecule has 4 rings (SSSR count). The number of thiophene rings is 1. The maximum absolute atomic E-state index is 10.6. The largest absolute Gasteiger partial charge is 0.490 e. The number of alkyl halides is 3. The number of carboxylic acids is 1. The minimum Gasteiger partial charge on any atom is -0.475 e. The van der Waals surface area contributed by atoms with Gasteiger partial charge in [-0.25, -0.2) is 4.79 Å². The molecule has 2 aromatic carbocycles. The van der Waals surface area contributed by atoms with E-state index in [9.17, 15) is 13.2 Å². The number of carboxylic acid groups (broad SMARTS) is 1. The number of benzene rings is 2. The molecule has 2 N–H and O–H groups in total. The van der Waals surface area contributed by atoms with Crippen LogP contribution in [0.5, 0.6) is 0 Å². The highest BCUT2D eigenvalue weighted by molar-refractivity contribution is 7.17. The lowest BCUT2D eigenvalue weighted by Crippen LogP contribution is -2.43. The van der Waals surface area contributed by atoms with Crippen LogP contribution in [0.15, 0.2) is 53.9 Å². The standard InChI is InChI=1S/C21H24N2S.C2HF3O2/c1-16-3-2-4-17(13-16)15-23(19-7-10-22-11-8-19)20-5-6-21-18(14-20)9-12-24-21;3-2(4,5)1(6)7/h2-6,9,12-14,19,22H,7-8,10-11,15H2,1H3;(H,6,7). The van der Waals surface area contributed by atoms with Gasteiger partial charge in [0.15, 0.2) is 0 Å². The number of hydrogen-bond acceptors (Lipinski definition) is 4. The lowest BCUT2D eigenvalue weighted by molar-refractivity contribution is -0.192. The average Bonchev–Trinajstić information content (AvgIpc) is 3.20. The van der Waals surface area contributed by atoms with Gasteiger partial charge >= 0.3 is 12.1 Å². The van der Waals surface area contributed by atoms with Crippen molar-refractivity contribution in [3.05, 3.63) is 65.0 Å². The molecule has 2 heterocycles. The number of fused-ring (bicyclic) bond motifs is 1. The van der Waals surface area contributed by atoms with Crippen molar-refractivity contribution in [2.75, 3.05) is 18.0 Å². The summed E-state index contributed by atoms with van der Waals surface area (Å²) in [7, 11) is 0. The molecular weight excluding hydrogens is 425 g/mol. The maximum atomic E-state index is 10.6. The predicted octanol–water partition coefficient (Wildman–Crippen LogP) is 5.60. The van der Waals surface area contributed by atoms with Gasteiger partial charge in [0.1, 0.15) is 0 Å². The van der Waals surface area contributed by atoms with Gasteiger partial charge in [-0.15, -0.1) is 11.3 Å². The van der Waals surface area contributed by atoms with Crippen LogP contribution in [0.2, 0.25) is 0 Å². The van der Waals surface area contributed by atoms with Gasteiger partial charge in [0, 0.05) is 23.0 Å². The Kier molecular flexibility index (Phi) is 7.56. The molecular formula is C23H25F3N2O2S. The first kappa shape index (κ1) is 23.1. The zero-order valence-electron chi connectivity index (χ0n) is 17.2. The Morgan fingerprint density at radius 1 is 1.16 bits per heavy atom. The van der Waals surface area contributed by atoms with Crippen molar-refractivity contribution in [3.63, 3.8) is 0 Å². The number of rotatable bonds is 4. The number of nitrogens with zero attached hydrogens (tertiary/aromatic N) is 1. The number of piperidine rings is 1. The van der Waals surface area contributed by atoms with Crippen LogP contribution in [0.25, 0.3) is 10.1 Å². The lowest BCUT2D eigenvalue weighted by Gasteiger charge is -2.36. The van der Waals surface area contributed by atoms with Gasteiger partial charge in [0.2, 0.25) is 0 Å². The van der Waals surface area contributed by atoms with E-state index in [4.69, 9.17) is 9.90 Å². The van der Waals surface area contributed by atoms with Crippen LogP contribution < -0.4 is 10.2 Å². The maximum Gasteiger partial charge on any atom is 0.490 e. The second-order valence-corrected chi connectivity index (χ2v) is 8.49. The molecule has 0 radical (unpaired) electrons. The summed E-state index contributed by atoms with van der Waals surface area (Å²) in [5.74, 6) is -2.76. The second-order valence-electron chi connectivity index (χ2n) is 7.54. The van der Waals surface area contributed by atoms with Gasteiger partial charge in [-0.2, -0.15) is 13.2 Å². The smallest absolute Gasteiger partial charge is 0.475 e. The Morgan fingerprint density at radius 3 is 2.52 bits per heavy atom. The number of halogens is 3. The van der Waals surface area contributed by atoms with Gasteiger partial charge in [-0.1, -0.05) is 29.8 Å². The van der Waals surface area contributed by atoms with Crippen molar-refractivity contribution < 1.29 is 23.1 Å². The van der Waals surface area contributed by atoms with Crippen molar-refractivity contribution in [1.29, 1.82) is 0 Å². The van der Waals surface area contributed by atoms with E-state index in [1.165, 1.54) is 39.7 Å².